The molecule has 5 heterocycles. The van der Waals surface area contributed by atoms with E-state index in [1.165, 1.54) is 12.1 Å². The molecule has 2 aromatic carbocycles. The molecule has 2 unspecified atom stereocenters. The molecule has 0 radical (unpaired) electrons. The van der Waals surface area contributed by atoms with Gasteiger partial charge in [0.05, 0.1) is 47.1 Å². The molecule has 242 valence electrons. The van der Waals surface area contributed by atoms with Gasteiger partial charge in [-0.25, -0.2) is 17.6 Å². The number of aromatic nitrogens is 2. The Kier molecular flexibility index (Phi) is 7.48. The Morgan fingerprint density at radius 1 is 1.24 bits per heavy atom. The normalized spacial score (nSPS) is 24.8. The predicted molar refractivity (Wildman–Crippen MR) is 167 cm³/mol. The van der Waals surface area contributed by atoms with Gasteiger partial charge in [-0.15, -0.1) is 11.3 Å². The van der Waals surface area contributed by atoms with Crippen LogP contribution in [-0.2, 0) is 4.74 Å². The lowest BCUT2D eigenvalue weighted by Crippen LogP contribution is -2.44. The zero-order valence-electron chi connectivity index (χ0n) is 24.7. The van der Waals surface area contributed by atoms with Gasteiger partial charge in [-0.05, 0) is 44.0 Å². The largest absolute Gasteiger partial charge is 0.461 e. The molecule has 0 bridgehead atoms. The first-order valence-corrected chi connectivity index (χ1v) is 15.9. The molecular formula is C31H29ClF4N6O3S. The number of nitriles is 1. The highest BCUT2D eigenvalue weighted by atomic mass is 35.5. The highest BCUT2D eigenvalue weighted by Gasteiger charge is 2.57. The van der Waals surface area contributed by atoms with Crippen LogP contribution in [-0.4, -0.2) is 83.0 Å². The number of ether oxygens (including phenoxy) is 2. The summed E-state index contributed by atoms with van der Waals surface area (Å²) in [5, 5.41) is 21.1. The van der Waals surface area contributed by atoms with Gasteiger partial charge in [0.25, 0.3) is 5.92 Å². The van der Waals surface area contributed by atoms with Crippen molar-refractivity contribution in [3.8, 4) is 23.2 Å². The first-order chi connectivity index (χ1) is 21.8. The van der Waals surface area contributed by atoms with Crippen LogP contribution in [0.3, 0.4) is 0 Å². The number of β-amino-alcohol motifs (C(OH)–C–C–N with tert-alkyl or cyclic N) is 1. The van der Waals surface area contributed by atoms with Crippen molar-refractivity contribution in [1.29, 1.82) is 5.26 Å². The summed E-state index contributed by atoms with van der Waals surface area (Å²) < 4.78 is 72.3. The number of halogens is 5. The van der Waals surface area contributed by atoms with Gasteiger partial charge in [0.15, 0.2) is 5.82 Å². The van der Waals surface area contributed by atoms with Crippen molar-refractivity contribution < 1.29 is 32.1 Å². The maximum Gasteiger partial charge on any atom is 0.319 e. The second kappa shape index (κ2) is 11.1. The van der Waals surface area contributed by atoms with Gasteiger partial charge >= 0.3 is 6.01 Å². The third kappa shape index (κ3) is 5.18. The zero-order chi connectivity index (χ0) is 32.6. The molecule has 3 N–H and O–H groups in total. The van der Waals surface area contributed by atoms with Gasteiger partial charge in [0.2, 0.25) is 0 Å². The highest BCUT2D eigenvalue weighted by Crippen LogP contribution is 2.47. The third-order valence-corrected chi connectivity index (χ3v) is 10.3. The van der Waals surface area contributed by atoms with Crippen LogP contribution in [0.15, 0.2) is 18.2 Å². The van der Waals surface area contributed by atoms with Crippen molar-refractivity contribution in [2.45, 2.75) is 43.2 Å². The Balaban J connectivity index is 1.40. The molecule has 0 aliphatic carbocycles. The Morgan fingerprint density at radius 3 is 2.83 bits per heavy atom. The monoisotopic (exact) mass is 676 g/mol. The van der Waals surface area contributed by atoms with E-state index in [1.807, 2.05) is 6.07 Å². The fourth-order valence-corrected chi connectivity index (χ4v) is 8.32. The third-order valence-electron chi connectivity index (χ3n) is 9.01. The van der Waals surface area contributed by atoms with Crippen molar-refractivity contribution >= 4 is 54.7 Å². The van der Waals surface area contributed by atoms with E-state index in [0.717, 1.165) is 23.8 Å². The molecule has 15 heteroatoms. The molecule has 9 nitrogen and oxygen atoms in total. The molecule has 3 aliphatic rings. The quantitative estimate of drug-likeness (QED) is 0.255. The number of hydrogen-bond acceptors (Lipinski definition) is 10. The van der Waals surface area contributed by atoms with E-state index in [1.54, 1.807) is 16.7 Å². The average Bonchev–Trinajstić information content (AvgIpc) is 3.56. The van der Waals surface area contributed by atoms with Crippen LogP contribution in [0.1, 0.15) is 31.7 Å². The second-order valence-corrected chi connectivity index (χ2v) is 14.0. The minimum absolute atomic E-state index is 0.00185. The summed E-state index contributed by atoms with van der Waals surface area (Å²) in [5.74, 6) is -4.16. The van der Waals surface area contributed by atoms with E-state index < -0.39 is 28.7 Å². The lowest BCUT2D eigenvalue weighted by atomic mass is 9.94. The van der Waals surface area contributed by atoms with Crippen LogP contribution in [0.5, 0.6) is 6.01 Å². The number of nitrogens with two attached hydrogens (primary N) is 1. The van der Waals surface area contributed by atoms with E-state index in [2.05, 4.69) is 9.97 Å². The SMILES string of the molecule is CC1(O)COCCN(c2nc(OCC34CCCN3CC(F)(F)C4)nc3c(F)c(-c4ccc(F)c5sc(N)c(C#N)c45)c(Cl)cc23)C1. The molecule has 3 fully saturated rings. The fraction of sp³-hybridized carbons (Fsp3) is 0.452. The summed E-state index contributed by atoms with van der Waals surface area (Å²) in [4.78, 5) is 12.5. The van der Waals surface area contributed by atoms with Crippen LogP contribution in [0, 0.1) is 23.0 Å². The molecule has 4 aromatic rings. The number of fused-ring (bicyclic) bond motifs is 3. The van der Waals surface area contributed by atoms with Gasteiger partial charge in [0, 0.05) is 29.3 Å². The van der Waals surface area contributed by atoms with Gasteiger partial charge in [-0.1, -0.05) is 17.7 Å². The van der Waals surface area contributed by atoms with Crippen LogP contribution in [0.2, 0.25) is 5.02 Å². The summed E-state index contributed by atoms with van der Waals surface area (Å²) in [6.45, 7) is 2.29. The predicted octanol–water partition coefficient (Wildman–Crippen LogP) is 5.74. The lowest BCUT2D eigenvalue weighted by molar-refractivity contribution is -0.0123. The first kappa shape index (κ1) is 31.1. The number of anilines is 2. The van der Waals surface area contributed by atoms with Gasteiger partial charge in [-0.3, -0.25) is 4.90 Å². The first-order valence-electron chi connectivity index (χ1n) is 14.7. The topological polar surface area (TPSA) is 121 Å². The van der Waals surface area contributed by atoms with Crippen molar-refractivity contribution in [3.63, 3.8) is 0 Å². The summed E-state index contributed by atoms with van der Waals surface area (Å²) in [6, 6.07) is 5.70. The summed E-state index contributed by atoms with van der Waals surface area (Å²) in [6.07, 6.45) is 0.883. The van der Waals surface area contributed by atoms with E-state index in [0.29, 0.717) is 13.0 Å². The number of nitrogens with zero attached hydrogens (tertiary/aromatic N) is 5. The molecule has 3 aliphatic heterocycles. The minimum atomic E-state index is -2.86. The van der Waals surface area contributed by atoms with Crippen molar-refractivity contribution in [2.24, 2.45) is 0 Å². The Morgan fingerprint density at radius 2 is 2.04 bits per heavy atom. The minimum Gasteiger partial charge on any atom is -0.461 e. The summed E-state index contributed by atoms with van der Waals surface area (Å²) in [7, 11) is 0. The standard InChI is InChI=1S/C31H29ClF4N6O3S/c1-29(43)12-41(7-8-44-14-29)27-17-9-19(32)22(16-3-4-20(33)25-21(16)18(10-37)26(38)46-25)23(34)24(17)39-28(40-27)45-15-30-5-2-6-42(30)13-31(35,36)11-30/h3-4,9,43H,2,5-8,11-15,38H2,1H3. The number of rotatable bonds is 5. The van der Waals surface area contributed by atoms with E-state index >= 15 is 4.39 Å². The maximum atomic E-state index is 16.9. The smallest absolute Gasteiger partial charge is 0.319 e. The molecule has 46 heavy (non-hydrogen) atoms. The van der Waals surface area contributed by atoms with Gasteiger partial charge in [-0.2, -0.15) is 15.2 Å². The Labute approximate surface area is 270 Å². The van der Waals surface area contributed by atoms with Crippen LogP contribution in [0.4, 0.5) is 28.4 Å². The molecule has 0 amide bonds. The van der Waals surface area contributed by atoms with Crippen LogP contribution >= 0.6 is 22.9 Å². The van der Waals surface area contributed by atoms with Crippen LogP contribution in [0.25, 0.3) is 32.1 Å². The lowest BCUT2D eigenvalue weighted by Gasteiger charge is -2.31. The second-order valence-electron chi connectivity index (χ2n) is 12.6. The molecule has 0 spiro atoms. The molecule has 7 rings (SSSR count). The van der Waals surface area contributed by atoms with Crippen molar-refractivity contribution in [2.75, 3.05) is 56.6 Å². The summed E-state index contributed by atoms with van der Waals surface area (Å²) in [5.41, 5.74) is 3.66. The number of nitrogen functional groups attached to an aromatic ring is 1. The number of hydrogen-bond donors (Lipinski definition) is 2. The molecule has 3 saturated heterocycles. The summed E-state index contributed by atoms with van der Waals surface area (Å²) >= 11 is 7.63. The van der Waals surface area contributed by atoms with E-state index in [4.69, 9.17) is 26.8 Å². The Hall–Kier alpha value is -3.48. The van der Waals surface area contributed by atoms with Crippen LogP contribution < -0.4 is 15.4 Å². The maximum absolute atomic E-state index is 16.9. The van der Waals surface area contributed by atoms with Crippen molar-refractivity contribution in [1.82, 2.24) is 14.9 Å². The van der Waals surface area contributed by atoms with E-state index in [9.17, 15) is 23.5 Å². The number of benzene rings is 2. The zero-order valence-corrected chi connectivity index (χ0v) is 26.3. The van der Waals surface area contributed by atoms with Gasteiger partial charge in [0.1, 0.15) is 40.4 Å². The molecule has 0 saturated carbocycles. The van der Waals surface area contributed by atoms with Crippen molar-refractivity contribution in [3.05, 3.63) is 40.4 Å². The highest BCUT2D eigenvalue weighted by molar-refractivity contribution is 7.23. The van der Waals surface area contributed by atoms with E-state index in [-0.39, 0.29) is 105 Å². The number of alkyl halides is 2. The molecule has 2 aromatic heterocycles. The average molecular weight is 677 g/mol. The number of thiophene rings is 1. The Bertz CT molecular complexity index is 1930. The molecule has 2 atom stereocenters. The fourth-order valence-electron chi connectivity index (χ4n) is 7.08. The number of aliphatic hydroxyl groups is 1. The molecular weight excluding hydrogens is 648 g/mol. The van der Waals surface area contributed by atoms with Gasteiger partial charge < -0.3 is 25.2 Å².